The maximum atomic E-state index is 5.96. The lowest BCUT2D eigenvalue weighted by Gasteiger charge is -2.32. The molecule has 0 spiro atoms. The van der Waals surface area contributed by atoms with Gasteiger partial charge in [-0.25, -0.2) is 0 Å². The Morgan fingerprint density at radius 1 is 1.40 bits per heavy atom. The Kier molecular flexibility index (Phi) is 6.07. The normalized spacial score (nSPS) is 16.9. The van der Waals surface area contributed by atoms with Gasteiger partial charge < -0.3 is 15.5 Å². The molecule has 1 aromatic rings. The third kappa shape index (κ3) is 4.93. The summed E-state index contributed by atoms with van der Waals surface area (Å²) in [5, 5.41) is 7.98. The predicted molar refractivity (Wildman–Crippen MR) is 90.6 cm³/mol. The van der Waals surface area contributed by atoms with Gasteiger partial charge in [-0.05, 0) is 56.2 Å². The van der Waals surface area contributed by atoms with Crippen LogP contribution in [0.1, 0.15) is 26.2 Å². The van der Waals surface area contributed by atoms with E-state index in [-0.39, 0.29) is 0 Å². The van der Waals surface area contributed by atoms with E-state index in [9.17, 15) is 0 Å². The molecular weight excluding hydrogens is 290 g/mol. The van der Waals surface area contributed by atoms with E-state index in [0.717, 1.165) is 31.6 Å². The van der Waals surface area contributed by atoms with E-state index in [1.807, 2.05) is 24.3 Å². The molecule has 3 nitrogen and oxygen atoms in total. The van der Waals surface area contributed by atoms with E-state index in [4.69, 9.17) is 23.8 Å². The molecule has 0 radical (unpaired) electrons. The molecule has 0 saturated carbocycles. The van der Waals surface area contributed by atoms with Crippen molar-refractivity contribution in [3.63, 3.8) is 0 Å². The number of hydrogen-bond acceptors (Lipinski definition) is 2. The van der Waals surface area contributed by atoms with Crippen LogP contribution in [0.3, 0.4) is 0 Å². The molecule has 2 N–H and O–H groups in total. The van der Waals surface area contributed by atoms with Crippen LogP contribution >= 0.6 is 23.8 Å². The van der Waals surface area contributed by atoms with Crippen molar-refractivity contribution in [3.8, 4) is 0 Å². The fourth-order valence-electron chi connectivity index (χ4n) is 2.54. The summed E-state index contributed by atoms with van der Waals surface area (Å²) in [5.41, 5.74) is 0.929. The van der Waals surface area contributed by atoms with Crippen LogP contribution in [0, 0.1) is 0 Å². The summed E-state index contributed by atoms with van der Waals surface area (Å²) in [7, 11) is 0. The summed E-state index contributed by atoms with van der Waals surface area (Å²) in [5.74, 6) is 0. The summed E-state index contributed by atoms with van der Waals surface area (Å²) in [6.07, 6.45) is 3.53. The van der Waals surface area contributed by atoms with Gasteiger partial charge in [-0.15, -0.1) is 0 Å². The van der Waals surface area contributed by atoms with E-state index in [1.165, 1.54) is 13.0 Å². The number of piperidine rings is 1. The van der Waals surface area contributed by atoms with Crippen molar-refractivity contribution in [1.82, 2.24) is 10.2 Å². The molecule has 1 fully saturated rings. The van der Waals surface area contributed by atoms with Gasteiger partial charge in [0.05, 0.1) is 0 Å². The monoisotopic (exact) mass is 311 g/mol. The molecule has 0 bridgehead atoms. The summed E-state index contributed by atoms with van der Waals surface area (Å²) in [6, 6.07) is 8.08. The Hall–Kier alpha value is -0.840. The zero-order valence-electron chi connectivity index (χ0n) is 11.9. The fourth-order valence-corrected chi connectivity index (χ4v) is 3.01. The lowest BCUT2D eigenvalue weighted by molar-refractivity contribution is 0.207. The maximum absolute atomic E-state index is 5.96. The number of benzene rings is 1. The maximum Gasteiger partial charge on any atom is 0.170 e. The molecule has 1 aliphatic heterocycles. The third-order valence-electron chi connectivity index (χ3n) is 3.55. The molecule has 0 aliphatic carbocycles. The topological polar surface area (TPSA) is 27.3 Å². The Morgan fingerprint density at radius 3 is 2.80 bits per heavy atom. The van der Waals surface area contributed by atoms with Crippen molar-refractivity contribution in [3.05, 3.63) is 29.3 Å². The highest BCUT2D eigenvalue weighted by molar-refractivity contribution is 7.80. The van der Waals surface area contributed by atoms with Crippen molar-refractivity contribution in [2.45, 2.75) is 32.2 Å². The SMILES string of the molecule is CCCN1CCC(NC(=S)Nc2cccc(Cl)c2)CC1. The van der Waals surface area contributed by atoms with Gasteiger partial charge in [0.1, 0.15) is 0 Å². The van der Waals surface area contributed by atoms with Crippen LogP contribution in [0.25, 0.3) is 0 Å². The van der Waals surface area contributed by atoms with E-state index in [0.29, 0.717) is 16.2 Å². The minimum Gasteiger partial charge on any atom is -0.360 e. The highest BCUT2D eigenvalue weighted by Gasteiger charge is 2.18. The van der Waals surface area contributed by atoms with Gasteiger partial charge in [0, 0.05) is 29.8 Å². The minimum absolute atomic E-state index is 0.474. The number of likely N-dealkylation sites (tertiary alicyclic amines) is 1. The van der Waals surface area contributed by atoms with Crippen molar-refractivity contribution in [1.29, 1.82) is 0 Å². The molecule has 110 valence electrons. The molecule has 1 aliphatic rings. The highest BCUT2D eigenvalue weighted by Crippen LogP contribution is 2.15. The zero-order valence-corrected chi connectivity index (χ0v) is 13.4. The molecule has 1 aromatic carbocycles. The van der Waals surface area contributed by atoms with Gasteiger partial charge in [-0.3, -0.25) is 0 Å². The first kappa shape index (κ1) is 15.5. The highest BCUT2D eigenvalue weighted by atomic mass is 35.5. The second-order valence-corrected chi connectivity index (χ2v) is 6.07. The average molecular weight is 312 g/mol. The predicted octanol–water partition coefficient (Wildman–Crippen LogP) is 3.50. The lowest BCUT2D eigenvalue weighted by Crippen LogP contribution is -2.45. The fraction of sp³-hybridized carbons (Fsp3) is 0.533. The van der Waals surface area contributed by atoms with Crippen molar-refractivity contribution in [2.24, 2.45) is 0 Å². The van der Waals surface area contributed by atoms with Crippen LogP contribution < -0.4 is 10.6 Å². The Bertz CT molecular complexity index is 444. The minimum atomic E-state index is 0.474. The first-order valence-corrected chi connectivity index (χ1v) is 8.01. The van der Waals surface area contributed by atoms with Gasteiger partial charge in [0.2, 0.25) is 0 Å². The van der Waals surface area contributed by atoms with Gasteiger partial charge in [0.15, 0.2) is 5.11 Å². The third-order valence-corrected chi connectivity index (χ3v) is 4.00. The molecule has 2 rings (SSSR count). The number of anilines is 1. The van der Waals surface area contributed by atoms with Crippen LogP contribution in [-0.2, 0) is 0 Å². The molecule has 1 heterocycles. The van der Waals surface area contributed by atoms with Crippen LogP contribution in [-0.4, -0.2) is 35.7 Å². The molecule has 0 aromatic heterocycles. The van der Waals surface area contributed by atoms with E-state index >= 15 is 0 Å². The van der Waals surface area contributed by atoms with Crippen molar-refractivity contribution < 1.29 is 0 Å². The first-order chi connectivity index (χ1) is 9.67. The molecule has 20 heavy (non-hydrogen) atoms. The van der Waals surface area contributed by atoms with Crippen LogP contribution in [0.5, 0.6) is 0 Å². The summed E-state index contributed by atoms with van der Waals surface area (Å²) >= 11 is 11.3. The summed E-state index contributed by atoms with van der Waals surface area (Å²) < 4.78 is 0. The smallest absolute Gasteiger partial charge is 0.170 e. The molecule has 0 atom stereocenters. The molecular formula is C15H22ClN3S. The van der Waals surface area contributed by atoms with E-state index < -0.39 is 0 Å². The number of nitrogens with zero attached hydrogens (tertiary/aromatic N) is 1. The Balaban J connectivity index is 1.75. The molecule has 0 unspecified atom stereocenters. The van der Waals surface area contributed by atoms with E-state index in [2.05, 4.69) is 22.5 Å². The second kappa shape index (κ2) is 7.81. The molecule has 5 heteroatoms. The number of halogens is 1. The van der Waals surface area contributed by atoms with Crippen LogP contribution in [0.2, 0.25) is 5.02 Å². The largest absolute Gasteiger partial charge is 0.360 e. The van der Waals surface area contributed by atoms with E-state index in [1.54, 1.807) is 0 Å². The quantitative estimate of drug-likeness (QED) is 0.832. The second-order valence-electron chi connectivity index (χ2n) is 5.22. The zero-order chi connectivity index (χ0) is 14.4. The van der Waals surface area contributed by atoms with Gasteiger partial charge in [-0.1, -0.05) is 24.6 Å². The van der Waals surface area contributed by atoms with Gasteiger partial charge >= 0.3 is 0 Å². The van der Waals surface area contributed by atoms with Crippen molar-refractivity contribution >= 4 is 34.6 Å². The summed E-state index contributed by atoms with van der Waals surface area (Å²) in [4.78, 5) is 2.52. The van der Waals surface area contributed by atoms with Gasteiger partial charge in [-0.2, -0.15) is 0 Å². The number of nitrogens with one attached hydrogen (secondary N) is 2. The van der Waals surface area contributed by atoms with Crippen molar-refractivity contribution in [2.75, 3.05) is 25.0 Å². The van der Waals surface area contributed by atoms with Crippen LogP contribution in [0.4, 0.5) is 5.69 Å². The van der Waals surface area contributed by atoms with Gasteiger partial charge in [0.25, 0.3) is 0 Å². The molecule has 1 saturated heterocycles. The Morgan fingerprint density at radius 2 is 2.15 bits per heavy atom. The number of rotatable bonds is 4. The lowest BCUT2D eigenvalue weighted by atomic mass is 10.1. The standard InChI is InChI=1S/C15H22ClN3S/c1-2-8-19-9-6-13(7-10-19)17-15(20)18-14-5-3-4-12(16)11-14/h3-5,11,13H,2,6-10H2,1H3,(H2,17,18,20). The summed E-state index contributed by atoms with van der Waals surface area (Å²) in [6.45, 7) is 5.75. The molecule has 0 amide bonds. The number of thiocarbonyl (C=S) groups is 1. The number of hydrogen-bond donors (Lipinski definition) is 2. The Labute approximate surface area is 131 Å². The average Bonchev–Trinajstić information content (AvgIpc) is 2.41. The first-order valence-electron chi connectivity index (χ1n) is 7.23. The van der Waals surface area contributed by atoms with Crippen LogP contribution in [0.15, 0.2) is 24.3 Å².